The van der Waals surface area contributed by atoms with Gasteiger partial charge in [0, 0.05) is 32.4 Å². The van der Waals surface area contributed by atoms with Crippen molar-refractivity contribution in [3.8, 4) is 0 Å². The van der Waals surface area contributed by atoms with Crippen LogP contribution in [0.25, 0.3) is 0 Å². The molecule has 0 spiro atoms. The summed E-state index contributed by atoms with van der Waals surface area (Å²) in [6, 6.07) is 11.4. The Hall–Kier alpha value is -1.99. The van der Waals surface area contributed by atoms with Gasteiger partial charge < -0.3 is 15.4 Å². The first-order chi connectivity index (χ1) is 13.1. The number of hydrogen-bond acceptors (Lipinski definition) is 5. The van der Waals surface area contributed by atoms with Crippen LogP contribution in [0.5, 0.6) is 0 Å². The van der Waals surface area contributed by atoms with Crippen molar-refractivity contribution in [2.24, 2.45) is 0 Å². The Morgan fingerprint density at radius 2 is 1.96 bits per heavy atom. The second-order valence-electron chi connectivity index (χ2n) is 6.61. The van der Waals surface area contributed by atoms with Crippen LogP contribution in [0.4, 0.5) is 5.82 Å². The van der Waals surface area contributed by atoms with Crippen molar-refractivity contribution >= 4 is 23.3 Å². The molecule has 2 heterocycles. The Bertz CT molecular complexity index is 748. The second kappa shape index (κ2) is 9.80. The molecule has 1 fully saturated rings. The third-order valence-electron chi connectivity index (χ3n) is 4.59. The standard InChI is InChI=1S/C20H25ClN4O2/c1-15(20(26)24-19-7-6-18(21)13-23-19)22-12-16-4-2-3-5-17(16)14-25-8-10-27-11-9-25/h2-7,13,15,22H,8-12,14H2,1H3,(H,23,24,26). The van der Waals surface area contributed by atoms with Gasteiger partial charge in [0.1, 0.15) is 5.82 Å². The molecule has 1 aliphatic rings. The van der Waals surface area contributed by atoms with E-state index >= 15 is 0 Å². The number of benzene rings is 1. The van der Waals surface area contributed by atoms with Crippen LogP contribution in [-0.2, 0) is 22.6 Å². The van der Waals surface area contributed by atoms with E-state index < -0.39 is 0 Å². The molecule has 1 unspecified atom stereocenters. The number of halogens is 1. The van der Waals surface area contributed by atoms with E-state index in [1.165, 1.54) is 17.3 Å². The fourth-order valence-electron chi connectivity index (χ4n) is 2.92. The number of nitrogens with zero attached hydrogens (tertiary/aromatic N) is 2. The predicted octanol–water partition coefficient (Wildman–Crippen LogP) is 2.68. The molecule has 2 N–H and O–H groups in total. The van der Waals surface area contributed by atoms with E-state index in [0.29, 0.717) is 17.4 Å². The SMILES string of the molecule is CC(NCc1ccccc1CN1CCOCC1)C(=O)Nc1ccc(Cl)cn1. The summed E-state index contributed by atoms with van der Waals surface area (Å²) in [4.78, 5) is 18.8. The molecular weight excluding hydrogens is 364 g/mol. The minimum Gasteiger partial charge on any atom is -0.379 e. The zero-order valence-corrected chi connectivity index (χ0v) is 16.2. The molecule has 0 aliphatic carbocycles. The van der Waals surface area contributed by atoms with Crippen LogP contribution < -0.4 is 10.6 Å². The quantitative estimate of drug-likeness (QED) is 0.763. The zero-order valence-electron chi connectivity index (χ0n) is 15.5. The van der Waals surface area contributed by atoms with Gasteiger partial charge in [-0.15, -0.1) is 0 Å². The van der Waals surface area contributed by atoms with Crippen LogP contribution in [-0.4, -0.2) is 48.1 Å². The molecule has 7 heteroatoms. The van der Waals surface area contributed by atoms with Gasteiger partial charge in [-0.2, -0.15) is 0 Å². The highest BCUT2D eigenvalue weighted by atomic mass is 35.5. The van der Waals surface area contributed by atoms with Gasteiger partial charge in [-0.1, -0.05) is 35.9 Å². The molecular formula is C20H25ClN4O2. The average molecular weight is 389 g/mol. The van der Waals surface area contributed by atoms with Crippen LogP contribution in [0.15, 0.2) is 42.6 Å². The van der Waals surface area contributed by atoms with Crippen LogP contribution in [0, 0.1) is 0 Å². The number of rotatable bonds is 7. The highest BCUT2D eigenvalue weighted by molar-refractivity contribution is 6.30. The smallest absolute Gasteiger partial charge is 0.242 e. The van der Waals surface area contributed by atoms with E-state index in [1.807, 2.05) is 13.0 Å². The Morgan fingerprint density at radius 3 is 2.67 bits per heavy atom. The van der Waals surface area contributed by atoms with Crippen LogP contribution in [0.1, 0.15) is 18.1 Å². The average Bonchev–Trinajstić information content (AvgIpc) is 2.69. The normalized spacial score (nSPS) is 16.1. The summed E-state index contributed by atoms with van der Waals surface area (Å²) in [5.74, 6) is 0.362. The van der Waals surface area contributed by atoms with Gasteiger partial charge >= 0.3 is 0 Å². The number of ether oxygens (including phenoxy) is 1. The third kappa shape index (κ3) is 6.01. The summed E-state index contributed by atoms with van der Waals surface area (Å²) in [5.41, 5.74) is 2.48. The fraction of sp³-hybridized carbons (Fsp3) is 0.400. The molecule has 1 atom stereocenters. The first kappa shape index (κ1) is 19.8. The Labute approximate surface area is 164 Å². The van der Waals surface area contributed by atoms with E-state index in [4.69, 9.17) is 16.3 Å². The molecule has 1 amide bonds. The zero-order chi connectivity index (χ0) is 19.1. The molecule has 1 aromatic carbocycles. The number of morpholine rings is 1. The van der Waals surface area contributed by atoms with Gasteiger partial charge in [-0.05, 0) is 30.2 Å². The van der Waals surface area contributed by atoms with E-state index in [2.05, 4.69) is 38.7 Å². The summed E-state index contributed by atoms with van der Waals surface area (Å²) in [6.45, 7) is 6.85. The number of amides is 1. The molecule has 0 radical (unpaired) electrons. The van der Waals surface area contributed by atoms with Gasteiger partial charge in [0.25, 0.3) is 0 Å². The summed E-state index contributed by atoms with van der Waals surface area (Å²) in [7, 11) is 0. The third-order valence-corrected chi connectivity index (χ3v) is 4.81. The van der Waals surface area contributed by atoms with Crippen LogP contribution in [0.2, 0.25) is 5.02 Å². The lowest BCUT2D eigenvalue weighted by atomic mass is 10.1. The lowest BCUT2D eigenvalue weighted by Crippen LogP contribution is -2.38. The molecule has 0 saturated carbocycles. The Morgan fingerprint density at radius 1 is 1.22 bits per heavy atom. The lowest BCUT2D eigenvalue weighted by Gasteiger charge is -2.27. The topological polar surface area (TPSA) is 66.5 Å². The Balaban J connectivity index is 1.54. The van der Waals surface area contributed by atoms with Gasteiger partial charge in [-0.3, -0.25) is 9.69 Å². The number of pyridine rings is 1. The maximum absolute atomic E-state index is 12.4. The minimum absolute atomic E-state index is 0.129. The molecule has 3 rings (SSSR count). The number of nitrogens with one attached hydrogen (secondary N) is 2. The number of carbonyl (C=O) groups is 1. The number of hydrogen-bond donors (Lipinski definition) is 2. The molecule has 6 nitrogen and oxygen atoms in total. The van der Waals surface area contributed by atoms with E-state index in [-0.39, 0.29) is 11.9 Å². The van der Waals surface area contributed by atoms with E-state index in [0.717, 1.165) is 32.8 Å². The monoisotopic (exact) mass is 388 g/mol. The maximum atomic E-state index is 12.4. The molecule has 1 aromatic heterocycles. The number of anilines is 1. The van der Waals surface area contributed by atoms with E-state index in [9.17, 15) is 4.79 Å². The summed E-state index contributed by atoms with van der Waals surface area (Å²) in [6.07, 6.45) is 1.51. The molecule has 27 heavy (non-hydrogen) atoms. The summed E-state index contributed by atoms with van der Waals surface area (Å²) < 4.78 is 5.42. The molecule has 1 aliphatic heterocycles. The highest BCUT2D eigenvalue weighted by Crippen LogP contribution is 2.14. The van der Waals surface area contributed by atoms with Crippen molar-refractivity contribution in [1.82, 2.24) is 15.2 Å². The van der Waals surface area contributed by atoms with Crippen molar-refractivity contribution in [3.05, 3.63) is 58.7 Å². The molecule has 1 saturated heterocycles. The number of carbonyl (C=O) groups excluding carboxylic acids is 1. The van der Waals surface area contributed by atoms with Crippen molar-refractivity contribution in [2.75, 3.05) is 31.6 Å². The second-order valence-corrected chi connectivity index (χ2v) is 7.05. The summed E-state index contributed by atoms with van der Waals surface area (Å²) >= 11 is 5.82. The Kier molecular flexibility index (Phi) is 7.18. The van der Waals surface area contributed by atoms with Gasteiger partial charge in [0.05, 0.1) is 24.3 Å². The first-order valence-corrected chi connectivity index (χ1v) is 9.52. The molecule has 2 aromatic rings. The van der Waals surface area contributed by atoms with Crippen LogP contribution in [0.3, 0.4) is 0 Å². The van der Waals surface area contributed by atoms with Crippen LogP contribution >= 0.6 is 11.6 Å². The summed E-state index contributed by atoms with van der Waals surface area (Å²) in [5, 5.41) is 6.63. The van der Waals surface area contributed by atoms with Gasteiger partial charge in [-0.25, -0.2) is 4.98 Å². The van der Waals surface area contributed by atoms with Crippen molar-refractivity contribution < 1.29 is 9.53 Å². The van der Waals surface area contributed by atoms with Gasteiger partial charge in [0.2, 0.25) is 5.91 Å². The lowest BCUT2D eigenvalue weighted by molar-refractivity contribution is -0.117. The first-order valence-electron chi connectivity index (χ1n) is 9.14. The predicted molar refractivity (Wildman–Crippen MR) is 107 cm³/mol. The highest BCUT2D eigenvalue weighted by Gasteiger charge is 2.15. The van der Waals surface area contributed by atoms with Crippen molar-refractivity contribution in [1.29, 1.82) is 0 Å². The fourth-order valence-corrected chi connectivity index (χ4v) is 3.04. The van der Waals surface area contributed by atoms with Crippen molar-refractivity contribution in [2.45, 2.75) is 26.1 Å². The maximum Gasteiger partial charge on any atom is 0.242 e. The van der Waals surface area contributed by atoms with Gasteiger partial charge in [0.15, 0.2) is 0 Å². The minimum atomic E-state index is -0.348. The largest absolute Gasteiger partial charge is 0.379 e. The molecule has 0 bridgehead atoms. The molecule has 144 valence electrons. The van der Waals surface area contributed by atoms with E-state index in [1.54, 1.807) is 12.1 Å². The number of aromatic nitrogens is 1. The van der Waals surface area contributed by atoms with Crippen molar-refractivity contribution in [3.63, 3.8) is 0 Å².